The summed E-state index contributed by atoms with van der Waals surface area (Å²) in [5.41, 5.74) is 4.35. The van der Waals surface area contributed by atoms with Crippen LogP contribution in [0.25, 0.3) is 5.57 Å². The molecular weight excluding hydrogens is 455 g/mol. The SMILES string of the molecule is CC(C)CC1C2=C(CCN1C(=O)C1CCC(CN(C)C(=O)OC(C)(C)C)CC1)c1cc(F)ccc1C2. The summed E-state index contributed by atoms with van der Waals surface area (Å²) in [4.78, 5) is 30.0. The van der Waals surface area contributed by atoms with Gasteiger partial charge in [0.1, 0.15) is 11.4 Å². The van der Waals surface area contributed by atoms with Crippen LogP contribution in [0.15, 0.2) is 23.8 Å². The lowest BCUT2D eigenvalue weighted by atomic mass is 9.80. The first-order valence-corrected chi connectivity index (χ1v) is 13.7. The van der Waals surface area contributed by atoms with E-state index in [-0.39, 0.29) is 29.8 Å². The lowest BCUT2D eigenvalue weighted by Crippen LogP contribution is -2.48. The predicted octanol–water partition coefficient (Wildman–Crippen LogP) is 6.46. The van der Waals surface area contributed by atoms with E-state index in [1.165, 1.54) is 16.7 Å². The number of hydrogen-bond acceptors (Lipinski definition) is 3. The average molecular weight is 499 g/mol. The summed E-state index contributed by atoms with van der Waals surface area (Å²) in [5.74, 6) is 1.01. The van der Waals surface area contributed by atoms with Crippen molar-refractivity contribution in [2.45, 2.75) is 91.2 Å². The van der Waals surface area contributed by atoms with Crippen molar-refractivity contribution < 1.29 is 18.7 Å². The van der Waals surface area contributed by atoms with Gasteiger partial charge in [0, 0.05) is 26.1 Å². The molecule has 0 N–H and O–H groups in total. The average Bonchev–Trinajstić information content (AvgIpc) is 3.16. The fraction of sp³-hybridized carbons (Fsp3) is 0.667. The minimum absolute atomic E-state index is 0.0473. The van der Waals surface area contributed by atoms with Crippen LogP contribution >= 0.6 is 0 Å². The maximum Gasteiger partial charge on any atom is 0.410 e. The number of benzene rings is 1. The number of carbonyl (C=O) groups is 2. The second kappa shape index (κ2) is 10.5. The number of carbonyl (C=O) groups excluding carboxylic acids is 2. The third-order valence-electron chi connectivity index (χ3n) is 7.96. The van der Waals surface area contributed by atoms with Crippen molar-refractivity contribution in [3.63, 3.8) is 0 Å². The standard InChI is InChI=1S/C30H43FN2O3/c1-19(2)15-27-26-16-22-11-12-23(31)17-25(22)24(26)13-14-33(27)28(34)21-9-7-20(8-10-21)18-32(6)29(35)36-30(3,4)5/h11-12,17,19-21,27H,7-10,13-16,18H2,1-6H3. The first-order chi connectivity index (χ1) is 16.9. The van der Waals surface area contributed by atoms with Gasteiger partial charge in [-0.2, -0.15) is 0 Å². The molecule has 1 fully saturated rings. The van der Waals surface area contributed by atoms with Gasteiger partial charge < -0.3 is 14.5 Å². The number of fused-ring (bicyclic) bond motifs is 2. The zero-order chi connectivity index (χ0) is 26.2. The van der Waals surface area contributed by atoms with Gasteiger partial charge >= 0.3 is 6.09 Å². The van der Waals surface area contributed by atoms with E-state index in [2.05, 4.69) is 18.7 Å². The van der Waals surface area contributed by atoms with E-state index in [9.17, 15) is 14.0 Å². The van der Waals surface area contributed by atoms with Crippen molar-refractivity contribution in [1.82, 2.24) is 9.80 Å². The van der Waals surface area contributed by atoms with Crippen LogP contribution < -0.4 is 0 Å². The molecule has 198 valence electrons. The van der Waals surface area contributed by atoms with Gasteiger partial charge in [0.25, 0.3) is 0 Å². The zero-order valence-electron chi connectivity index (χ0n) is 22.9. The van der Waals surface area contributed by atoms with Gasteiger partial charge in [-0.05, 0) is 112 Å². The Bertz CT molecular complexity index is 1020. The molecule has 4 rings (SSSR count). The van der Waals surface area contributed by atoms with E-state index in [4.69, 9.17) is 4.74 Å². The van der Waals surface area contributed by atoms with Crippen LogP contribution in [0.2, 0.25) is 0 Å². The minimum Gasteiger partial charge on any atom is -0.444 e. The Morgan fingerprint density at radius 3 is 2.50 bits per heavy atom. The second-order valence-corrected chi connectivity index (χ2v) is 12.5. The van der Waals surface area contributed by atoms with Crippen LogP contribution in [-0.2, 0) is 16.0 Å². The summed E-state index contributed by atoms with van der Waals surface area (Å²) in [6.07, 6.45) is 5.93. The molecular formula is C30H43FN2O3. The molecule has 1 aliphatic heterocycles. The van der Waals surface area contributed by atoms with Crippen molar-refractivity contribution in [1.29, 1.82) is 0 Å². The highest BCUT2D eigenvalue weighted by molar-refractivity contribution is 5.84. The molecule has 5 nitrogen and oxygen atoms in total. The van der Waals surface area contributed by atoms with Gasteiger partial charge in [-0.3, -0.25) is 4.79 Å². The van der Waals surface area contributed by atoms with E-state index in [0.29, 0.717) is 24.9 Å². The summed E-state index contributed by atoms with van der Waals surface area (Å²) in [6.45, 7) is 11.4. The van der Waals surface area contributed by atoms with Crippen LogP contribution in [0.1, 0.15) is 84.3 Å². The highest BCUT2D eigenvalue weighted by Gasteiger charge is 2.40. The van der Waals surface area contributed by atoms with Crippen molar-refractivity contribution >= 4 is 17.6 Å². The van der Waals surface area contributed by atoms with Gasteiger partial charge in [-0.25, -0.2) is 9.18 Å². The molecule has 1 aromatic rings. The number of ether oxygens (including phenoxy) is 1. The quantitative estimate of drug-likeness (QED) is 0.468. The van der Waals surface area contributed by atoms with Gasteiger partial charge in [-0.15, -0.1) is 0 Å². The Labute approximate surface area is 216 Å². The van der Waals surface area contributed by atoms with Gasteiger partial charge in [0.05, 0.1) is 6.04 Å². The summed E-state index contributed by atoms with van der Waals surface area (Å²) < 4.78 is 19.5. The van der Waals surface area contributed by atoms with E-state index in [1.807, 2.05) is 26.8 Å². The van der Waals surface area contributed by atoms with Crippen molar-refractivity contribution in [3.8, 4) is 0 Å². The first kappa shape index (κ1) is 26.7. The molecule has 0 aromatic heterocycles. The Morgan fingerprint density at radius 1 is 1.17 bits per heavy atom. The Kier molecular flexibility index (Phi) is 7.82. The van der Waals surface area contributed by atoms with Crippen molar-refractivity contribution in [2.24, 2.45) is 17.8 Å². The molecule has 2 amide bonds. The molecule has 1 aromatic carbocycles. The van der Waals surface area contributed by atoms with E-state index < -0.39 is 5.60 Å². The molecule has 0 saturated heterocycles. The van der Waals surface area contributed by atoms with Gasteiger partial charge in [0.2, 0.25) is 5.91 Å². The summed E-state index contributed by atoms with van der Waals surface area (Å²) >= 11 is 0. The number of nitrogens with zero attached hydrogens (tertiary/aromatic N) is 2. The monoisotopic (exact) mass is 498 g/mol. The fourth-order valence-electron chi connectivity index (χ4n) is 6.27. The molecule has 6 heteroatoms. The summed E-state index contributed by atoms with van der Waals surface area (Å²) in [6, 6.07) is 5.25. The van der Waals surface area contributed by atoms with Gasteiger partial charge in [0.15, 0.2) is 0 Å². The maximum absolute atomic E-state index is 14.0. The lowest BCUT2D eigenvalue weighted by molar-refractivity contribution is -0.139. The van der Waals surface area contributed by atoms with Crippen LogP contribution in [0, 0.1) is 23.6 Å². The normalized spacial score (nSPS) is 24.0. The molecule has 1 saturated carbocycles. The Morgan fingerprint density at radius 2 is 1.86 bits per heavy atom. The molecule has 2 aliphatic carbocycles. The molecule has 1 heterocycles. The number of hydrogen-bond donors (Lipinski definition) is 0. The van der Waals surface area contributed by atoms with E-state index in [0.717, 1.165) is 50.5 Å². The second-order valence-electron chi connectivity index (χ2n) is 12.5. The Hall–Kier alpha value is -2.37. The number of amides is 2. The summed E-state index contributed by atoms with van der Waals surface area (Å²) in [7, 11) is 1.80. The third-order valence-corrected chi connectivity index (χ3v) is 7.96. The zero-order valence-corrected chi connectivity index (χ0v) is 22.9. The number of rotatable bonds is 5. The molecule has 0 spiro atoms. The highest BCUT2D eigenvalue weighted by Crippen LogP contribution is 2.44. The van der Waals surface area contributed by atoms with Crippen molar-refractivity contribution in [3.05, 3.63) is 40.7 Å². The van der Waals surface area contributed by atoms with Gasteiger partial charge in [-0.1, -0.05) is 19.9 Å². The fourth-order valence-corrected chi connectivity index (χ4v) is 6.27. The Balaban J connectivity index is 1.39. The van der Waals surface area contributed by atoms with E-state index in [1.54, 1.807) is 24.1 Å². The van der Waals surface area contributed by atoms with Crippen LogP contribution in [0.3, 0.4) is 0 Å². The molecule has 1 atom stereocenters. The summed E-state index contributed by atoms with van der Waals surface area (Å²) in [5, 5.41) is 0. The van der Waals surface area contributed by atoms with Crippen LogP contribution in [0.4, 0.5) is 9.18 Å². The largest absolute Gasteiger partial charge is 0.444 e. The molecule has 3 aliphatic rings. The predicted molar refractivity (Wildman–Crippen MR) is 141 cm³/mol. The van der Waals surface area contributed by atoms with Crippen molar-refractivity contribution in [2.75, 3.05) is 20.1 Å². The molecule has 36 heavy (non-hydrogen) atoms. The van der Waals surface area contributed by atoms with Crippen LogP contribution in [0.5, 0.6) is 0 Å². The highest BCUT2D eigenvalue weighted by atomic mass is 19.1. The number of halogens is 1. The lowest BCUT2D eigenvalue weighted by Gasteiger charge is -2.41. The molecule has 1 unspecified atom stereocenters. The minimum atomic E-state index is -0.499. The topological polar surface area (TPSA) is 49.9 Å². The van der Waals surface area contributed by atoms with Crippen LogP contribution in [-0.4, -0.2) is 53.6 Å². The third kappa shape index (κ3) is 5.95. The molecule has 0 bridgehead atoms. The van der Waals surface area contributed by atoms with E-state index >= 15 is 0 Å². The maximum atomic E-state index is 14.0. The smallest absolute Gasteiger partial charge is 0.410 e. The molecule has 0 radical (unpaired) electrons. The first-order valence-electron chi connectivity index (χ1n) is 13.7.